The predicted molar refractivity (Wildman–Crippen MR) is 131 cm³/mol. The lowest BCUT2D eigenvalue weighted by atomic mass is 10.1. The topological polar surface area (TPSA) is 86.1 Å². The number of nitrogens with zero attached hydrogens (tertiary/aromatic N) is 3. The third-order valence-corrected chi connectivity index (χ3v) is 6.14. The van der Waals surface area contributed by atoms with E-state index in [-0.39, 0.29) is 11.7 Å². The highest BCUT2D eigenvalue weighted by Crippen LogP contribution is 2.30. The van der Waals surface area contributed by atoms with Crippen molar-refractivity contribution in [3.8, 4) is 5.75 Å². The average molecular weight is 485 g/mol. The lowest BCUT2D eigenvalue weighted by molar-refractivity contribution is -0.115. The smallest absolute Gasteiger partial charge is 0.237 e. The van der Waals surface area contributed by atoms with Gasteiger partial charge in [-0.1, -0.05) is 53.7 Å². The van der Waals surface area contributed by atoms with Crippen LogP contribution in [0, 0.1) is 0 Å². The molecule has 1 heterocycles. The number of amides is 1. The Hall–Kier alpha value is -3.10. The standard InChI is InChI=1S/C24H25ClN4O3S/c1-5-13-29-22(16(3)32-21-12-7-6-11-20(21)25)27-28-24(29)33-17(4)23(31)26-19-10-8-9-18(14-19)15(2)30/h5-12,14,16-17H,1,13H2,2-4H3,(H,26,31). The number of nitrogens with one attached hydrogen (secondary N) is 1. The summed E-state index contributed by atoms with van der Waals surface area (Å²) in [5.74, 6) is 0.871. The van der Waals surface area contributed by atoms with Crippen LogP contribution in [0.15, 0.2) is 66.3 Å². The van der Waals surface area contributed by atoms with E-state index in [1.165, 1.54) is 18.7 Å². The van der Waals surface area contributed by atoms with Crippen LogP contribution in [0.3, 0.4) is 0 Å². The maximum absolute atomic E-state index is 12.8. The van der Waals surface area contributed by atoms with Crippen LogP contribution in [0.4, 0.5) is 5.69 Å². The van der Waals surface area contributed by atoms with Crippen molar-refractivity contribution in [2.75, 3.05) is 5.32 Å². The van der Waals surface area contributed by atoms with Gasteiger partial charge in [0.2, 0.25) is 5.91 Å². The molecule has 0 aliphatic heterocycles. The molecule has 9 heteroatoms. The highest BCUT2D eigenvalue weighted by Gasteiger charge is 2.23. The van der Waals surface area contributed by atoms with Crippen LogP contribution in [-0.2, 0) is 11.3 Å². The van der Waals surface area contributed by atoms with Gasteiger partial charge in [0.05, 0.1) is 10.3 Å². The van der Waals surface area contributed by atoms with Gasteiger partial charge in [0.15, 0.2) is 22.9 Å². The summed E-state index contributed by atoms with van der Waals surface area (Å²) in [6.07, 6.45) is 1.31. The molecule has 33 heavy (non-hydrogen) atoms. The molecule has 1 amide bonds. The SMILES string of the molecule is C=CCn1c(SC(C)C(=O)Nc2cccc(C(C)=O)c2)nnc1C(C)Oc1ccccc1Cl. The summed E-state index contributed by atoms with van der Waals surface area (Å²) in [5.41, 5.74) is 1.10. The number of rotatable bonds is 10. The molecule has 0 radical (unpaired) electrons. The largest absolute Gasteiger partial charge is 0.481 e. The van der Waals surface area contributed by atoms with Gasteiger partial charge in [-0.25, -0.2) is 0 Å². The van der Waals surface area contributed by atoms with E-state index in [2.05, 4.69) is 22.1 Å². The van der Waals surface area contributed by atoms with Crippen molar-refractivity contribution in [1.82, 2.24) is 14.8 Å². The Labute approximate surface area is 202 Å². The molecule has 0 saturated heterocycles. The molecular weight excluding hydrogens is 460 g/mol. The molecule has 3 rings (SSSR count). The molecule has 0 aliphatic rings. The fraction of sp³-hybridized carbons (Fsp3) is 0.250. The number of hydrogen-bond donors (Lipinski definition) is 1. The van der Waals surface area contributed by atoms with E-state index in [0.717, 1.165) is 0 Å². The van der Waals surface area contributed by atoms with E-state index >= 15 is 0 Å². The first-order valence-corrected chi connectivity index (χ1v) is 11.6. The van der Waals surface area contributed by atoms with Crippen molar-refractivity contribution in [1.29, 1.82) is 0 Å². The third kappa shape index (κ3) is 6.24. The van der Waals surface area contributed by atoms with Crippen molar-refractivity contribution >= 4 is 40.7 Å². The second kappa shape index (κ2) is 11.2. The molecule has 2 aromatic carbocycles. The molecule has 3 aromatic rings. The Morgan fingerprint density at radius 1 is 1.21 bits per heavy atom. The van der Waals surface area contributed by atoms with Gasteiger partial charge in [-0.2, -0.15) is 0 Å². The Bertz CT molecular complexity index is 1160. The number of aromatic nitrogens is 3. The van der Waals surface area contributed by atoms with Gasteiger partial charge < -0.3 is 10.1 Å². The van der Waals surface area contributed by atoms with Crippen LogP contribution in [0.2, 0.25) is 5.02 Å². The van der Waals surface area contributed by atoms with Gasteiger partial charge in [0.25, 0.3) is 0 Å². The zero-order valence-corrected chi connectivity index (χ0v) is 20.2. The molecule has 0 fully saturated rings. The number of carbonyl (C=O) groups is 2. The van der Waals surface area contributed by atoms with E-state index < -0.39 is 11.4 Å². The first kappa shape index (κ1) is 24.5. The molecule has 0 spiro atoms. The van der Waals surface area contributed by atoms with Crippen LogP contribution < -0.4 is 10.1 Å². The highest BCUT2D eigenvalue weighted by molar-refractivity contribution is 8.00. The number of carbonyl (C=O) groups excluding carboxylic acids is 2. The maximum Gasteiger partial charge on any atom is 0.237 e. The minimum absolute atomic E-state index is 0.0632. The summed E-state index contributed by atoms with van der Waals surface area (Å²) in [6, 6.07) is 14.1. The molecule has 1 aromatic heterocycles. The number of hydrogen-bond acceptors (Lipinski definition) is 6. The normalized spacial score (nSPS) is 12.6. The zero-order chi connectivity index (χ0) is 24.0. The number of para-hydroxylation sites is 1. The van der Waals surface area contributed by atoms with Gasteiger partial charge in [-0.3, -0.25) is 14.2 Å². The van der Waals surface area contributed by atoms with Crippen molar-refractivity contribution in [3.63, 3.8) is 0 Å². The van der Waals surface area contributed by atoms with Crippen molar-refractivity contribution in [2.45, 2.75) is 43.8 Å². The van der Waals surface area contributed by atoms with Gasteiger partial charge in [0.1, 0.15) is 5.75 Å². The number of ether oxygens (including phenoxy) is 1. The van der Waals surface area contributed by atoms with Crippen LogP contribution >= 0.6 is 23.4 Å². The Morgan fingerprint density at radius 3 is 2.67 bits per heavy atom. The first-order chi connectivity index (χ1) is 15.8. The fourth-order valence-corrected chi connectivity index (χ4v) is 4.09. The van der Waals surface area contributed by atoms with E-state index in [1.807, 2.05) is 23.6 Å². The number of allylic oxidation sites excluding steroid dienone is 1. The summed E-state index contributed by atoms with van der Waals surface area (Å²) in [5, 5.41) is 12.0. The molecule has 0 saturated carbocycles. The van der Waals surface area contributed by atoms with E-state index in [0.29, 0.717) is 39.5 Å². The molecule has 0 bridgehead atoms. The highest BCUT2D eigenvalue weighted by atomic mass is 35.5. The monoisotopic (exact) mass is 484 g/mol. The lowest BCUT2D eigenvalue weighted by Crippen LogP contribution is -2.23. The minimum Gasteiger partial charge on any atom is -0.481 e. The van der Waals surface area contributed by atoms with Crippen molar-refractivity contribution in [3.05, 3.63) is 77.6 Å². The quantitative estimate of drug-likeness (QED) is 0.230. The molecule has 172 valence electrons. The van der Waals surface area contributed by atoms with Crippen LogP contribution in [0.1, 0.15) is 43.1 Å². The zero-order valence-electron chi connectivity index (χ0n) is 18.6. The van der Waals surface area contributed by atoms with Gasteiger partial charge >= 0.3 is 0 Å². The molecule has 1 N–H and O–H groups in total. The number of halogens is 1. The maximum atomic E-state index is 12.8. The van der Waals surface area contributed by atoms with Gasteiger partial charge in [-0.05, 0) is 45.0 Å². The van der Waals surface area contributed by atoms with E-state index in [4.69, 9.17) is 16.3 Å². The number of benzene rings is 2. The van der Waals surface area contributed by atoms with Gasteiger partial charge in [0, 0.05) is 17.8 Å². The summed E-state index contributed by atoms with van der Waals surface area (Å²) in [6.45, 7) is 9.40. The lowest BCUT2D eigenvalue weighted by Gasteiger charge is -2.17. The van der Waals surface area contributed by atoms with Crippen LogP contribution in [0.25, 0.3) is 0 Å². The number of Topliss-reactive ketones (excluding diaryl/α,β-unsaturated/α-hetero) is 1. The summed E-state index contributed by atoms with van der Waals surface area (Å²) in [7, 11) is 0. The number of anilines is 1. The Balaban J connectivity index is 1.73. The summed E-state index contributed by atoms with van der Waals surface area (Å²) in [4.78, 5) is 24.3. The summed E-state index contributed by atoms with van der Waals surface area (Å²) < 4.78 is 7.85. The van der Waals surface area contributed by atoms with Gasteiger partial charge in [-0.15, -0.1) is 16.8 Å². The number of thioether (sulfide) groups is 1. The first-order valence-electron chi connectivity index (χ1n) is 10.3. The van der Waals surface area contributed by atoms with Crippen molar-refractivity contribution in [2.24, 2.45) is 0 Å². The molecule has 7 nitrogen and oxygen atoms in total. The second-order valence-electron chi connectivity index (χ2n) is 7.32. The Morgan fingerprint density at radius 2 is 1.97 bits per heavy atom. The molecule has 2 unspecified atom stereocenters. The van der Waals surface area contributed by atoms with Crippen LogP contribution in [0.5, 0.6) is 5.75 Å². The Kier molecular flexibility index (Phi) is 8.30. The van der Waals surface area contributed by atoms with Crippen molar-refractivity contribution < 1.29 is 14.3 Å². The third-order valence-electron chi connectivity index (χ3n) is 4.75. The number of ketones is 1. The average Bonchev–Trinajstić information content (AvgIpc) is 3.18. The van der Waals surface area contributed by atoms with Crippen LogP contribution in [-0.4, -0.2) is 31.7 Å². The van der Waals surface area contributed by atoms with E-state index in [1.54, 1.807) is 49.4 Å². The fourth-order valence-electron chi connectivity index (χ4n) is 3.04. The second-order valence-corrected chi connectivity index (χ2v) is 9.03. The molecule has 2 atom stereocenters. The molecule has 0 aliphatic carbocycles. The summed E-state index contributed by atoms with van der Waals surface area (Å²) >= 11 is 7.48. The minimum atomic E-state index is -0.466. The van der Waals surface area contributed by atoms with E-state index in [9.17, 15) is 9.59 Å². The predicted octanol–water partition coefficient (Wildman–Crippen LogP) is 5.58. The molecular formula is C24H25ClN4O3S.